The van der Waals surface area contributed by atoms with Crippen molar-refractivity contribution in [2.75, 3.05) is 5.75 Å². The third-order valence-electron chi connectivity index (χ3n) is 2.43. The standard InChI is InChI=1S/C12H23N5OS/c1-4-6-17-10(8-13)15-16-12(17)19-7-5-11(18)14-9(2)3/h9H,4-8,13H2,1-3H3,(H,14,18). The molecule has 0 radical (unpaired) electrons. The first-order chi connectivity index (χ1) is 9.08. The lowest BCUT2D eigenvalue weighted by atomic mass is 10.3. The number of carbonyl (C=O) groups excluding carboxylic acids is 1. The summed E-state index contributed by atoms with van der Waals surface area (Å²) in [5, 5.41) is 11.9. The van der Waals surface area contributed by atoms with Gasteiger partial charge in [-0.1, -0.05) is 18.7 Å². The molecule has 0 unspecified atom stereocenters. The number of thioether (sulfide) groups is 1. The molecule has 108 valence electrons. The Morgan fingerprint density at radius 2 is 2.21 bits per heavy atom. The summed E-state index contributed by atoms with van der Waals surface area (Å²) in [6, 6.07) is 0.185. The first-order valence-corrected chi connectivity index (χ1v) is 7.61. The monoisotopic (exact) mass is 285 g/mol. The molecule has 1 heterocycles. The zero-order valence-corrected chi connectivity index (χ0v) is 12.7. The highest BCUT2D eigenvalue weighted by molar-refractivity contribution is 7.99. The maximum absolute atomic E-state index is 11.5. The van der Waals surface area contributed by atoms with Gasteiger partial charge in [0.05, 0.1) is 6.54 Å². The van der Waals surface area contributed by atoms with Gasteiger partial charge in [-0.3, -0.25) is 4.79 Å². The predicted octanol–water partition coefficient (Wildman–Crippen LogP) is 1.15. The van der Waals surface area contributed by atoms with Crippen LogP contribution in [0.2, 0.25) is 0 Å². The van der Waals surface area contributed by atoms with E-state index in [4.69, 9.17) is 5.73 Å². The van der Waals surface area contributed by atoms with Crippen LogP contribution < -0.4 is 11.1 Å². The molecule has 0 aliphatic heterocycles. The number of rotatable bonds is 8. The Labute approximate surface area is 118 Å². The maximum atomic E-state index is 11.5. The third-order valence-corrected chi connectivity index (χ3v) is 3.40. The second kappa shape index (κ2) is 8.16. The highest BCUT2D eigenvalue weighted by Crippen LogP contribution is 2.18. The minimum absolute atomic E-state index is 0.0723. The fourth-order valence-corrected chi connectivity index (χ4v) is 2.58. The molecule has 0 saturated carbocycles. The number of hydrogen-bond acceptors (Lipinski definition) is 5. The molecule has 0 fully saturated rings. The summed E-state index contributed by atoms with van der Waals surface area (Å²) in [6.45, 7) is 7.26. The second-order valence-electron chi connectivity index (χ2n) is 4.58. The van der Waals surface area contributed by atoms with Crippen LogP contribution in [-0.2, 0) is 17.9 Å². The zero-order valence-electron chi connectivity index (χ0n) is 11.8. The van der Waals surface area contributed by atoms with Gasteiger partial charge in [-0.15, -0.1) is 10.2 Å². The van der Waals surface area contributed by atoms with Gasteiger partial charge >= 0.3 is 0 Å². The van der Waals surface area contributed by atoms with E-state index in [9.17, 15) is 4.79 Å². The van der Waals surface area contributed by atoms with E-state index in [0.29, 0.717) is 18.7 Å². The van der Waals surface area contributed by atoms with Gasteiger partial charge in [0.25, 0.3) is 0 Å². The van der Waals surface area contributed by atoms with Gasteiger partial charge in [0.2, 0.25) is 5.91 Å². The van der Waals surface area contributed by atoms with Gasteiger partial charge in [0.15, 0.2) is 5.16 Å². The first-order valence-electron chi connectivity index (χ1n) is 6.62. The maximum Gasteiger partial charge on any atom is 0.221 e. The van der Waals surface area contributed by atoms with Crippen molar-refractivity contribution in [1.82, 2.24) is 20.1 Å². The second-order valence-corrected chi connectivity index (χ2v) is 5.64. The van der Waals surface area contributed by atoms with Crippen LogP contribution in [0.15, 0.2) is 5.16 Å². The third kappa shape index (κ3) is 5.20. The van der Waals surface area contributed by atoms with Crippen LogP contribution in [0.1, 0.15) is 39.4 Å². The Hall–Kier alpha value is -1.08. The molecule has 0 spiro atoms. The highest BCUT2D eigenvalue weighted by Gasteiger charge is 2.11. The molecule has 19 heavy (non-hydrogen) atoms. The minimum Gasteiger partial charge on any atom is -0.354 e. The van der Waals surface area contributed by atoms with E-state index in [1.807, 2.05) is 18.4 Å². The van der Waals surface area contributed by atoms with E-state index in [2.05, 4.69) is 22.4 Å². The highest BCUT2D eigenvalue weighted by atomic mass is 32.2. The van der Waals surface area contributed by atoms with E-state index >= 15 is 0 Å². The molecule has 0 aliphatic rings. The van der Waals surface area contributed by atoms with E-state index in [0.717, 1.165) is 23.9 Å². The van der Waals surface area contributed by atoms with E-state index < -0.39 is 0 Å². The molecule has 1 aromatic rings. The number of nitrogens with one attached hydrogen (secondary N) is 1. The molecular formula is C12H23N5OS. The molecule has 0 aliphatic carbocycles. The van der Waals surface area contributed by atoms with Gasteiger partial charge in [0, 0.05) is 24.8 Å². The normalized spacial score (nSPS) is 11.0. The Morgan fingerprint density at radius 1 is 1.47 bits per heavy atom. The molecule has 0 saturated heterocycles. The molecule has 1 rings (SSSR count). The number of amides is 1. The Morgan fingerprint density at radius 3 is 2.79 bits per heavy atom. The van der Waals surface area contributed by atoms with Crippen LogP contribution >= 0.6 is 11.8 Å². The topological polar surface area (TPSA) is 85.8 Å². The van der Waals surface area contributed by atoms with Crippen LogP contribution in [0.5, 0.6) is 0 Å². The number of nitrogens with two attached hydrogens (primary N) is 1. The van der Waals surface area contributed by atoms with Crippen LogP contribution in [0.25, 0.3) is 0 Å². The lowest BCUT2D eigenvalue weighted by molar-refractivity contribution is -0.121. The van der Waals surface area contributed by atoms with Crippen molar-refractivity contribution in [2.45, 2.75) is 57.9 Å². The van der Waals surface area contributed by atoms with Gasteiger partial charge in [-0.25, -0.2) is 0 Å². The van der Waals surface area contributed by atoms with Crippen LogP contribution in [0.4, 0.5) is 0 Å². The predicted molar refractivity (Wildman–Crippen MR) is 76.8 cm³/mol. The van der Waals surface area contributed by atoms with Crippen molar-refractivity contribution in [3.63, 3.8) is 0 Å². The molecular weight excluding hydrogens is 262 g/mol. The van der Waals surface area contributed by atoms with Crippen molar-refractivity contribution in [3.8, 4) is 0 Å². The average Bonchev–Trinajstić information content (AvgIpc) is 2.71. The molecule has 0 atom stereocenters. The largest absolute Gasteiger partial charge is 0.354 e. The van der Waals surface area contributed by atoms with E-state index in [1.165, 1.54) is 0 Å². The van der Waals surface area contributed by atoms with Crippen molar-refractivity contribution >= 4 is 17.7 Å². The summed E-state index contributed by atoms with van der Waals surface area (Å²) < 4.78 is 2.03. The smallest absolute Gasteiger partial charge is 0.221 e. The summed E-state index contributed by atoms with van der Waals surface area (Å²) >= 11 is 1.55. The lowest BCUT2D eigenvalue weighted by Gasteiger charge is -2.09. The van der Waals surface area contributed by atoms with E-state index in [-0.39, 0.29) is 11.9 Å². The summed E-state index contributed by atoms with van der Waals surface area (Å²) in [5.41, 5.74) is 5.63. The van der Waals surface area contributed by atoms with Crippen LogP contribution in [0.3, 0.4) is 0 Å². The number of aromatic nitrogens is 3. The summed E-state index contributed by atoms with van der Waals surface area (Å²) in [5.74, 6) is 1.57. The molecule has 3 N–H and O–H groups in total. The van der Waals surface area contributed by atoms with Crippen molar-refractivity contribution in [3.05, 3.63) is 5.82 Å². The lowest BCUT2D eigenvalue weighted by Crippen LogP contribution is -2.30. The Bertz CT molecular complexity index is 405. The van der Waals surface area contributed by atoms with Gasteiger partial charge in [-0.05, 0) is 20.3 Å². The average molecular weight is 285 g/mol. The summed E-state index contributed by atoms with van der Waals surface area (Å²) in [6.07, 6.45) is 1.49. The Kier molecular flexibility index (Phi) is 6.86. The number of hydrogen-bond donors (Lipinski definition) is 2. The fourth-order valence-electron chi connectivity index (χ4n) is 1.65. The molecule has 7 heteroatoms. The summed E-state index contributed by atoms with van der Waals surface area (Å²) in [4.78, 5) is 11.5. The zero-order chi connectivity index (χ0) is 14.3. The SMILES string of the molecule is CCCn1c(CN)nnc1SCCC(=O)NC(C)C. The van der Waals surface area contributed by atoms with Gasteiger partial charge in [-0.2, -0.15) is 0 Å². The minimum atomic E-state index is 0.0723. The fraction of sp³-hybridized carbons (Fsp3) is 0.750. The molecule has 1 aromatic heterocycles. The van der Waals surface area contributed by atoms with Crippen LogP contribution in [0, 0.1) is 0 Å². The van der Waals surface area contributed by atoms with Crippen molar-refractivity contribution in [1.29, 1.82) is 0 Å². The van der Waals surface area contributed by atoms with Crippen molar-refractivity contribution in [2.24, 2.45) is 5.73 Å². The van der Waals surface area contributed by atoms with Gasteiger partial charge in [0.1, 0.15) is 5.82 Å². The van der Waals surface area contributed by atoms with Gasteiger partial charge < -0.3 is 15.6 Å². The van der Waals surface area contributed by atoms with Crippen LogP contribution in [-0.4, -0.2) is 32.5 Å². The van der Waals surface area contributed by atoms with E-state index in [1.54, 1.807) is 11.8 Å². The van der Waals surface area contributed by atoms with Crippen molar-refractivity contribution < 1.29 is 4.79 Å². The molecule has 6 nitrogen and oxygen atoms in total. The molecule has 1 amide bonds. The molecule has 0 aromatic carbocycles. The number of nitrogens with zero attached hydrogens (tertiary/aromatic N) is 3. The quantitative estimate of drug-likeness (QED) is 0.700. The first kappa shape index (κ1) is 16.0. The Balaban J connectivity index is 2.48. The summed E-state index contributed by atoms with van der Waals surface area (Å²) in [7, 11) is 0. The molecule has 0 bridgehead atoms. The number of carbonyl (C=O) groups is 1.